The van der Waals surface area contributed by atoms with Gasteiger partial charge in [-0.25, -0.2) is 0 Å². The molecule has 7 nitrogen and oxygen atoms in total. The zero-order chi connectivity index (χ0) is 24.9. The molecule has 2 heterocycles. The number of amides is 1. The maximum absolute atomic E-state index is 13.2. The van der Waals surface area contributed by atoms with E-state index in [2.05, 4.69) is 6.92 Å². The van der Waals surface area contributed by atoms with Gasteiger partial charge < -0.3 is 24.2 Å². The molecule has 0 saturated carbocycles. The molecule has 2 aliphatic heterocycles. The van der Waals surface area contributed by atoms with Crippen molar-refractivity contribution < 1.29 is 28.9 Å². The summed E-state index contributed by atoms with van der Waals surface area (Å²) in [7, 11) is 1.60. The van der Waals surface area contributed by atoms with Crippen molar-refractivity contribution in [1.29, 1.82) is 0 Å². The van der Waals surface area contributed by atoms with Gasteiger partial charge in [-0.15, -0.1) is 0 Å². The molecule has 7 heteroatoms. The SMILES string of the molecule is CCCCOc1cccc([C@@H]2/C(=C(\O)c3ccc4c(c3)C[C@H](C)O4)C(=O)C(=O)N2CCCOC)c1. The van der Waals surface area contributed by atoms with Crippen molar-refractivity contribution in [2.45, 2.75) is 51.7 Å². The standard InChI is InChI=1S/C28H33NO6/c1-4-5-14-34-22-9-6-8-19(17-22)25-24(27(31)28(32)29(25)12-7-13-33-3)26(30)20-10-11-23-21(16-20)15-18(2)35-23/h6,8-11,16-18,25,30H,4-5,7,12-15H2,1-3H3/b26-24+/t18-,25+/m0/s1. The number of hydrogen-bond acceptors (Lipinski definition) is 6. The fourth-order valence-corrected chi connectivity index (χ4v) is 4.67. The van der Waals surface area contributed by atoms with E-state index in [1.54, 1.807) is 19.2 Å². The van der Waals surface area contributed by atoms with E-state index >= 15 is 0 Å². The number of carbonyl (C=O) groups is 2. The van der Waals surface area contributed by atoms with Gasteiger partial charge in [-0.1, -0.05) is 25.5 Å². The van der Waals surface area contributed by atoms with Gasteiger partial charge in [-0.2, -0.15) is 0 Å². The molecule has 0 aromatic heterocycles. The summed E-state index contributed by atoms with van der Waals surface area (Å²) in [6, 6.07) is 12.1. The molecular weight excluding hydrogens is 446 g/mol. The molecule has 0 aliphatic carbocycles. The molecule has 1 saturated heterocycles. The Balaban J connectivity index is 1.76. The zero-order valence-electron chi connectivity index (χ0n) is 20.6. The number of carbonyl (C=O) groups excluding carboxylic acids is 2. The first kappa shape index (κ1) is 24.8. The first-order valence-corrected chi connectivity index (χ1v) is 12.2. The quantitative estimate of drug-likeness (QED) is 0.231. The number of benzene rings is 2. The Morgan fingerprint density at radius 3 is 2.74 bits per heavy atom. The Kier molecular flexibility index (Phi) is 7.76. The minimum absolute atomic E-state index is 0.0595. The molecule has 0 unspecified atom stereocenters. The van der Waals surface area contributed by atoms with Crippen LogP contribution in [0.3, 0.4) is 0 Å². The summed E-state index contributed by atoms with van der Waals surface area (Å²) in [5.74, 6) is -0.0395. The number of rotatable bonds is 10. The van der Waals surface area contributed by atoms with Gasteiger partial charge in [-0.3, -0.25) is 9.59 Å². The molecule has 1 amide bonds. The molecule has 186 valence electrons. The zero-order valence-corrected chi connectivity index (χ0v) is 20.6. The van der Waals surface area contributed by atoms with Crippen molar-refractivity contribution in [2.75, 3.05) is 26.9 Å². The highest BCUT2D eigenvalue weighted by Gasteiger charge is 2.46. The molecular formula is C28H33NO6. The van der Waals surface area contributed by atoms with Crippen LogP contribution in [0.15, 0.2) is 48.0 Å². The maximum Gasteiger partial charge on any atom is 0.295 e. The van der Waals surface area contributed by atoms with Crippen molar-refractivity contribution in [1.82, 2.24) is 4.90 Å². The van der Waals surface area contributed by atoms with E-state index in [4.69, 9.17) is 14.2 Å². The average molecular weight is 480 g/mol. The Bertz CT molecular complexity index is 1120. The summed E-state index contributed by atoms with van der Waals surface area (Å²) in [4.78, 5) is 27.9. The molecule has 35 heavy (non-hydrogen) atoms. The Hall–Kier alpha value is -3.32. The molecule has 1 N–H and O–H groups in total. The molecule has 0 bridgehead atoms. The number of aliphatic hydroxyl groups is 1. The fraction of sp³-hybridized carbons (Fsp3) is 0.429. The first-order chi connectivity index (χ1) is 16.9. The van der Waals surface area contributed by atoms with Crippen LogP contribution in [-0.4, -0.2) is 54.7 Å². The van der Waals surface area contributed by atoms with Crippen LogP contribution in [0, 0.1) is 0 Å². The minimum atomic E-state index is -0.718. The molecule has 0 radical (unpaired) electrons. The van der Waals surface area contributed by atoms with E-state index in [0.29, 0.717) is 37.5 Å². The normalized spacial score (nSPS) is 20.7. The van der Waals surface area contributed by atoms with Crippen LogP contribution in [0.2, 0.25) is 0 Å². The number of ketones is 1. The van der Waals surface area contributed by atoms with Crippen LogP contribution in [-0.2, 0) is 20.7 Å². The number of hydrogen-bond donors (Lipinski definition) is 1. The Morgan fingerprint density at radius 1 is 1.14 bits per heavy atom. The van der Waals surface area contributed by atoms with Crippen LogP contribution in [0.4, 0.5) is 0 Å². The van der Waals surface area contributed by atoms with Crippen molar-refractivity contribution >= 4 is 17.4 Å². The van der Waals surface area contributed by atoms with Gasteiger partial charge in [0.1, 0.15) is 23.4 Å². The molecule has 1 fully saturated rings. The van der Waals surface area contributed by atoms with Gasteiger partial charge in [0.2, 0.25) is 0 Å². The fourth-order valence-electron chi connectivity index (χ4n) is 4.67. The van der Waals surface area contributed by atoms with Crippen LogP contribution >= 0.6 is 0 Å². The van der Waals surface area contributed by atoms with Crippen molar-refractivity contribution in [2.24, 2.45) is 0 Å². The maximum atomic E-state index is 13.2. The summed E-state index contributed by atoms with van der Waals surface area (Å²) >= 11 is 0. The predicted molar refractivity (Wildman–Crippen MR) is 133 cm³/mol. The summed E-state index contributed by atoms with van der Waals surface area (Å²) in [5.41, 5.74) is 2.27. The lowest BCUT2D eigenvalue weighted by molar-refractivity contribution is -0.140. The third-order valence-corrected chi connectivity index (χ3v) is 6.40. The molecule has 2 atom stereocenters. The number of ether oxygens (including phenoxy) is 3. The average Bonchev–Trinajstić information content (AvgIpc) is 3.35. The van der Waals surface area contributed by atoms with Crippen molar-refractivity contribution in [3.05, 3.63) is 64.7 Å². The molecule has 4 rings (SSSR count). The number of unbranched alkanes of at least 4 members (excludes halogenated alkanes) is 1. The van der Waals surface area contributed by atoms with E-state index in [-0.39, 0.29) is 17.4 Å². The van der Waals surface area contributed by atoms with Crippen molar-refractivity contribution in [3.8, 4) is 11.5 Å². The predicted octanol–water partition coefficient (Wildman–Crippen LogP) is 4.65. The highest BCUT2D eigenvalue weighted by atomic mass is 16.5. The summed E-state index contributed by atoms with van der Waals surface area (Å²) in [6.45, 7) is 5.46. The second kappa shape index (κ2) is 11.0. The monoisotopic (exact) mass is 479 g/mol. The largest absolute Gasteiger partial charge is 0.507 e. The number of fused-ring (bicyclic) bond motifs is 1. The van der Waals surface area contributed by atoms with E-state index in [0.717, 1.165) is 36.1 Å². The third kappa shape index (κ3) is 5.20. The summed E-state index contributed by atoms with van der Waals surface area (Å²) in [6.07, 6.45) is 3.30. The van der Waals surface area contributed by atoms with Crippen molar-refractivity contribution in [3.63, 3.8) is 0 Å². The lowest BCUT2D eigenvalue weighted by Gasteiger charge is -2.25. The second-order valence-corrected chi connectivity index (χ2v) is 9.07. The van der Waals surface area contributed by atoms with Crippen LogP contribution in [0.25, 0.3) is 5.76 Å². The highest BCUT2D eigenvalue weighted by Crippen LogP contribution is 2.41. The Morgan fingerprint density at radius 2 is 1.97 bits per heavy atom. The van der Waals surface area contributed by atoms with Gasteiger partial charge in [-0.05, 0) is 61.2 Å². The number of methoxy groups -OCH3 is 1. The van der Waals surface area contributed by atoms with Crippen LogP contribution in [0.1, 0.15) is 55.8 Å². The third-order valence-electron chi connectivity index (χ3n) is 6.40. The van der Waals surface area contributed by atoms with Gasteiger partial charge in [0, 0.05) is 32.2 Å². The summed E-state index contributed by atoms with van der Waals surface area (Å²) in [5, 5.41) is 11.4. The smallest absolute Gasteiger partial charge is 0.295 e. The lowest BCUT2D eigenvalue weighted by atomic mass is 9.94. The first-order valence-electron chi connectivity index (χ1n) is 12.2. The van der Waals surface area contributed by atoms with E-state index in [1.165, 1.54) is 4.90 Å². The van der Waals surface area contributed by atoms with E-state index in [1.807, 2.05) is 37.3 Å². The lowest BCUT2D eigenvalue weighted by Crippen LogP contribution is -2.31. The number of nitrogens with zero attached hydrogens (tertiary/aromatic N) is 1. The van der Waals surface area contributed by atoms with Gasteiger partial charge in [0.05, 0.1) is 18.2 Å². The number of Topliss-reactive ketones (excluding diaryl/α,β-unsaturated/α-hetero) is 1. The summed E-state index contributed by atoms with van der Waals surface area (Å²) < 4.78 is 16.8. The van der Waals surface area contributed by atoms with Crippen LogP contribution in [0.5, 0.6) is 11.5 Å². The second-order valence-electron chi connectivity index (χ2n) is 9.07. The number of aliphatic hydroxyl groups excluding tert-OH is 1. The van der Waals surface area contributed by atoms with Gasteiger partial charge >= 0.3 is 0 Å². The molecule has 2 aromatic rings. The van der Waals surface area contributed by atoms with Gasteiger partial charge in [0.25, 0.3) is 11.7 Å². The molecule has 0 spiro atoms. The number of likely N-dealkylation sites (tertiary alicyclic amines) is 1. The van der Waals surface area contributed by atoms with E-state index < -0.39 is 17.7 Å². The van der Waals surface area contributed by atoms with Crippen LogP contribution < -0.4 is 9.47 Å². The van der Waals surface area contributed by atoms with Gasteiger partial charge in [0.15, 0.2) is 0 Å². The molecule has 2 aliphatic rings. The minimum Gasteiger partial charge on any atom is -0.507 e. The Labute approximate surface area is 206 Å². The molecule has 2 aromatic carbocycles. The van der Waals surface area contributed by atoms with E-state index in [9.17, 15) is 14.7 Å². The highest BCUT2D eigenvalue weighted by molar-refractivity contribution is 6.46. The topological polar surface area (TPSA) is 85.3 Å².